The molecule has 6 nitrogen and oxygen atoms in total. The molecule has 6 aromatic carbocycles. The Morgan fingerprint density at radius 3 is 1.76 bits per heavy atom. The van der Waals surface area contributed by atoms with Crippen molar-refractivity contribution in [2.45, 2.75) is 25.5 Å². The fraction of sp³-hybridized carbons (Fsp3) is 0.0930. The molecule has 1 aromatic heterocycles. The number of rotatable bonds is 5. The summed E-state index contributed by atoms with van der Waals surface area (Å²) in [6, 6.07) is 54.2. The molecule has 0 aliphatic carbocycles. The molecule has 1 atom stereocenters. The van der Waals surface area contributed by atoms with E-state index < -0.39 is 0 Å². The van der Waals surface area contributed by atoms with Gasteiger partial charge in [0.15, 0.2) is 11.6 Å². The lowest BCUT2D eigenvalue weighted by Crippen LogP contribution is -2.32. The Balaban J connectivity index is 1.25. The summed E-state index contributed by atoms with van der Waals surface area (Å²) in [4.78, 5) is 19.8. The Morgan fingerprint density at radius 1 is 0.531 bits per heavy atom. The first-order valence-electron chi connectivity index (χ1n) is 16.6. The third-order valence-corrected chi connectivity index (χ3v) is 9.56. The van der Waals surface area contributed by atoms with Crippen molar-refractivity contribution in [3.05, 3.63) is 174 Å². The topological polar surface area (TPSA) is 54.4 Å². The standard InChI is InChI=1S/C43H33N5O/c1-43(2)33-22-12-13-23-35(33)48(42-45-39(29-16-6-3-7-17-29)44-40(46-42)30-18-8-4-9-19-30)36-27-26-32(28-34(36)43)47-37-24-14-15-25-38(37)49-41(47)31-20-10-5-11-21-31/h3-28,41H,1-2H3. The molecule has 7 aromatic rings. The average Bonchev–Trinajstić information content (AvgIpc) is 3.56. The van der Waals surface area contributed by atoms with Gasteiger partial charge in [0.1, 0.15) is 5.75 Å². The van der Waals surface area contributed by atoms with Crippen LogP contribution in [0.1, 0.15) is 36.8 Å². The largest absolute Gasteiger partial charge is 0.464 e. The van der Waals surface area contributed by atoms with E-state index in [9.17, 15) is 0 Å². The molecule has 0 radical (unpaired) electrons. The maximum absolute atomic E-state index is 6.60. The smallest absolute Gasteiger partial charge is 0.238 e. The number of hydrogen-bond donors (Lipinski definition) is 0. The monoisotopic (exact) mass is 635 g/mol. The highest BCUT2D eigenvalue weighted by atomic mass is 16.5. The van der Waals surface area contributed by atoms with Crippen LogP contribution in [0.15, 0.2) is 158 Å². The Hall–Kier alpha value is -6.27. The number of benzene rings is 6. The highest BCUT2D eigenvalue weighted by Gasteiger charge is 2.40. The molecule has 6 heteroatoms. The van der Waals surface area contributed by atoms with Crippen molar-refractivity contribution < 1.29 is 4.74 Å². The Kier molecular flexibility index (Phi) is 6.76. The predicted octanol–water partition coefficient (Wildman–Crippen LogP) is 10.5. The second-order valence-electron chi connectivity index (χ2n) is 12.9. The second kappa shape index (κ2) is 11.5. The predicted molar refractivity (Wildman–Crippen MR) is 196 cm³/mol. The summed E-state index contributed by atoms with van der Waals surface area (Å²) >= 11 is 0. The van der Waals surface area contributed by atoms with Gasteiger partial charge in [-0.15, -0.1) is 0 Å². The molecule has 3 heterocycles. The molecule has 0 saturated heterocycles. The lowest BCUT2D eigenvalue weighted by molar-refractivity contribution is 0.240. The fourth-order valence-electron chi connectivity index (χ4n) is 7.12. The van der Waals surface area contributed by atoms with Gasteiger partial charge < -0.3 is 4.74 Å². The third-order valence-electron chi connectivity index (χ3n) is 9.56. The van der Waals surface area contributed by atoms with E-state index in [0.717, 1.165) is 45.2 Å². The Bertz CT molecular complexity index is 2250. The summed E-state index contributed by atoms with van der Waals surface area (Å²) in [6.45, 7) is 4.60. The number of anilines is 5. The first kappa shape index (κ1) is 28.9. The van der Waals surface area contributed by atoms with Crippen molar-refractivity contribution in [2.75, 3.05) is 9.80 Å². The zero-order valence-corrected chi connectivity index (χ0v) is 27.2. The summed E-state index contributed by atoms with van der Waals surface area (Å²) in [5.74, 6) is 2.69. The van der Waals surface area contributed by atoms with Crippen LogP contribution in [-0.4, -0.2) is 15.0 Å². The molecule has 2 aliphatic heterocycles. The zero-order chi connectivity index (χ0) is 33.0. The van der Waals surface area contributed by atoms with Crippen molar-refractivity contribution in [3.8, 4) is 28.5 Å². The van der Waals surface area contributed by atoms with Crippen LogP contribution in [0.5, 0.6) is 5.75 Å². The minimum absolute atomic E-state index is 0.294. The van der Waals surface area contributed by atoms with Crippen LogP contribution in [0.2, 0.25) is 0 Å². The summed E-state index contributed by atoms with van der Waals surface area (Å²) < 4.78 is 6.60. The first-order chi connectivity index (χ1) is 24.1. The van der Waals surface area contributed by atoms with Crippen LogP contribution in [-0.2, 0) is 5.41 Å². The molecule has 0 N–H and O–H groups in total. The van der Waals surface area contributed by atoms with Gasteiger partial charge >= 0.3 is 0 Å². The summed E-state index contributed by atoms with van der Waals surface area (Å²) in [7, 11) is 0. The molecule has 0 saturated carbocycles. The molecule has 49 heavy (non-hydrogen) atoms. The van der Waals surface area contributed by atoms with E-state index >= 15 is 0 Å². The highest BCUT2D eigenvalue weighted by Crippen LogP contribution is 2.54. The van der Waals surface area contributed by atoms with Crippen LogP contribution >= 0.6 is 0 Å². The number of fused-ring (bicyclic) bond motifs is 3. The van der Waals surface area contributed by atoms with Crippen molar-refractivity contribution in [1.82, 2.24) is 15.0 Å². The molecule has 0 fully saturated rings. The number of aromatic nitrogens is 3. The van der Waals surface area contributed by atoms with Crippen LogP contribution in [0, 0.1) is 0 Å². The fourth-order valence-corrected chi connectivity index (χ4v) is 7.12. The third kappa shape index (κ3) is 4.83. The summed E-state index contributed by atoms with van der Waals surface area (Å²) in [5, 5.41) is 0. The van der Waals surface area contributed by atoms with Gasteiger partial charge in [-0.25, -0.2) is 4.98 Å². The quantitative estimate of drug-likeness (QED) is 0.188. The van der Waals surface area contributed by atoms with E-state index in [4.69, 9.17) is 19.7 Å². The van der Waals surface area contributed by atoms with E-state index in [1.807, 2.05) is 78.9 Å². The van der Waals surface area contributed by atoms with Gasteiger partial charge in [0.05, 0.1) is 17.1 Å². The zero-order valence-electron chi connectivity index (χ0n) is 27.2. The minimum Gasteiger partial charge on any atom is -0.464 e. The van der Waals surface area contributed by atoms with Crippen LogP contribution < -0.4 is 14.5 Å². The molecular formula is C43H33N5O. The van der Waals surface area contributed by atoms with E-state index in [1.165, 1.54) is 11.1 Å². The van der Waals surface area contributed by atoms with E-state index in [2.05, 4.69) is 103 Å². The lowest BCUT2D eigenvalue weighted by atomic mass is 9.73. The van der Waals surface area contributed by atoms with Crippen LogP contribution in [0.25, 0.3) is 22.8 Å². The Morgan fingerprint density at radius 2 is 1.08 bits per heavy atom. The van der Waals surface area contributed by atoms with Gasteiger partial charge in [0.2, 0.25) is 12.2 Å². The minimum atomic E-state index is -0.321. The molecular weight excluding hydrogens is 603 g/mol. The van der Waals surface area contributed by atoms with Crippen LogP contribution in [0.4, 0.5) is 28.7 Å². The van der Waals surface area contributed by atoms with E-state index in [0.29, 0.717) is 17.6 Å². The summed E-state index contributed by atoms with van der Waals surface area (Å²) in [6.07, 6.45) is -0.294. The molecule has 9 rings (SSSR count). The van der Waals surface area contributed by atoms with Crippen molar-refractivity contribution in [1.29, 1.82) is 0 Å². The average molecular weight is 636 g/mol. The van der Waals surface area contributed by atoms with Gasteiger partial charge in [0, 0.05) is 27.8 Å². The maximum atomic E-state index is 6.60. The van der Waals surface area contributed by atoms with Gasteiger partial charge in [-0.1, -0.05) is 135 Å². The van der Waals surface area contributed by atoms with Gasteiger partial charge in [-0.05, 0) is 47.5 Å². The molecule has 0 amide bonds. The summed E-state index contributed by atoms with van der Waals surface area (Å²) in [5.41, 5.74) is 9.18. The first-order valence-corrected chi connectivity index (χ1v) is 16.6. The number of para-hydroxylation sites is 3. The van der Waals surface area contributed by atoms with Gasteiger partial charge in [-0.2, -0.15) is 9.97 Å². The Labute approximate surface area is 286 Å². The molecule has 1 unspecified atom stereocenters. The lowest BCUT2D eigenvalue weighted by Gasteiger charge is -2.41. The van der Waals surface area contributed by atoms with E-state index in [1.54, 1.807) is 0 Å². The van der Waals surface area contributed by atoms with Gasteiger partial charge in [-0.3, -0.25) is 9.80 Å². The van der Waals surface area contributed by atoms with Crippen molar-refractivity contribution >= 4 is 28.7 Å². The molecule has 0 spiro atoms. The molecule has 2 aliphatic rings. The SMILES string of the molecule is CC1(C)c2ccccc2N(c2nc(-c3ccccc3)nc(-c3ccccc3)n2)c2ccc(N3c4ccccc4OC3c3ccccc3)cc21. The second-order valence-corrected chi connectivity index (χ2v) is 12.9. The number of ether oxygens (including phenoxy) is 1. The normalized spacial score (nSPS) is 15.6. The van der Waals surface area contributed by atoms with Crippen molar-refractivity contribution in [3.63, 3.8) is 0 Å². The number of hydrogen-bond acceptors (Lipinski definition) is 6. The highest BCUT2D eigenvalue weighted by molar-refractivity contribution is 5.87. The molecule has 236 valence electrons. The van der Waals surface area contributed by atoms with Crippen molar-refractivity contribution in [2.24, 2.45) is 0 Å². The maximum Gasteiger partial charge on any atom is 0.238 e. The van der Waals surface area contributed by atoms with Gasteiger partial charge in [0.25, 0.3) is 0 Å². The van der Waals surface area contributed by atoms with Crippen LogP contribution in [0.3, 0.4) is 0 Å². The number of nitrogens with zero attached hydrogens (tertiary/aromatic N) is 5. The van der Waals surface area contributed by atoms with E-state index in [-0.39, 0.29) is 11.6 Å². The molecule has 0 bridgehead atoms.